The molecule has 0 heterocycles. The van der Waals surface area contributed by atoms with Crippen molar-refractivity contribution < 1.29 is 19.1 Å². The van der Waals surface area contributed by atoms with Crippen LogP contribution in [-0.2, 0) is 19.1 Å². The van der Waals surface area contributed by atoms with Gasteiger partial charge in [0.1, 0.15) is 6.10 Å². The average Bonchev–Trinajstić information content (AvgIpc) is 3.06. The molecule has 0 aliphatic rings. The summed E-state index contributed by atoms with van der Waals surface area (Å²) in [5.74, 6) is -0.00386. The smallest absolute Gasteiger partial charge is 0.306 e. The van der Waals surface area contributed by atoms with Crippen LogP contribution in [0.2, 0.25) is 0 Å². The third-order valence-corrected chi connectivity index (χ3v) is 9.20. The topological polar surface area (TPSA) is 93.9 Å². The molecule has 0 aromatic carbocycles. The van der Waals surface area contributed by atoms with Crippen molar-refractivity contribution in [2.75, 3.05) is 45.9 Å². The summed E-state index contributed by atoms with van der Waals surface area (Å²) in [5.41, 5.74) is 5.65. The zero-order valence-electron chi connectivity index (χ0n) is 31.8. The molecule has 0 amide bonds. The quantitative estimate of drug-likeness (QED) is 0.0500. The minimum atomic E-state index is -0.0192. The van der Waals surface area contributed by atoms with Crippen molar-refractivity contribution in [3.05, 3.63) is 0 Å². The lowest BCUT2D eigenvalue weighted by molar-refractivity contribution is -0.150. The summed E-state index contributed by atoms with van der Waals surface area (Å²) in [6.45, 7) is 13.2. The van der Waals surface area contributed by atoms with Crippen molar-refractivity contribution in [1.82, 2.24) is 10.2 Å². The maximum absolute atomic E-state index is 12.5. The first kappa shape index (κ1) is 45.8. The molecule has 0 fully saturated rings. The highest BCUT2D eigenvalue weighted by atomic mass is 16.5. The highest BCUT2D eigenvalue weighted by molar-refractivity contribution is 5.69. The van der Waals surface area contributed by atoms with Crippen LogP contribution in [-0.4, -0.2) is 68.8 Å². The lowest BCUT2D eigenvalue weighted by atomic mass is 10.0. The molecule has 7 nitrogen and oxygen atoms in total. The number of nitrogens with one attached hydrogen (secondary N) is 1. The molecule has 0 rings (SSSR count). The summed E-state index contributed by atoms with van der Waals surface area (Å²) in [5, 5.41) is 3.44. The summed E-state index contributed by atoms with van der Waals surface area (Å²) in [7, 11) is 0. The average molecular weight is 668 g/mol. The van der Waals surface area contributed by atoms with E-state index in [0.717, 1.165) is 77.7 Å². The maximum atomic E-state index is 12.5. The molecule has 0 aromatic heterocycles. The van der Waals surface area contributed by atoms with Gasteiger partial charge >= 0.3 is 11.9 Å². The Morgan fingerprint density at radius 1 is 0.553 bits per heavy atom. The van der Waals surface area contributed by atoms with Crippen LogP contribution >= 0.6 is 0 Å². The molecule has 3 N–H and O–H groups in total. The van der Waals surface area contributed by atoms with E-state index in [1.807, 2.05) is 0 Å². The Bertz CT molecular complexity index is 663. The number of nitrogens with zero attached hydrogens (tertiary/aromatic N) is 1. The predicted molar refractivity (Wildman–Crippen MR) is 201 cm³/mol. The SMILES string of the molecule is CCCCCCCCOC(=O)CCCCCCCN(CCCCCCCC(=O)OC(CCCCC)CCCCCC)CCNCCN. The summed E-state index contributed by atoms with van der Waals surface area (Å²) >= 11 is 0. The number of rotatable bonds is 38. The number of carbonyl (C=O) groups excluding carboxylic acids is 2. The van der Waals surface area contributed by atoms with E-state index in [1.54, 1.807) is 0 Å². The molecule has 0 saturated carbocycles. The second-order valence-electron chi connectivity index (χ2n) is 13.9. The highest BCUT2D eigenvalue weighted by Crippen LogP contribution is 2.17. The summed E-state index contributed by atoms with van der Waals surface area (Å²) < 4.78 is 11.3. The lowest BCUT2D eigenvalue weighted by Crippen LogP contribution is -2.35. The van der Waals surface area contributed by atoms with Crippen LogP contribution in [0.3, 0.4) is 0 Å². The summed E-state index contributed by atoms with van der Waals surface area (Å²) in [6, 6.07) is 0. The Balaban J connectivity index is 4.05. The van der Waals surface area contributed by atoms with E-state index in [4.69, 9.17) is 15.2 Å². The molecule has 0 bridgehead atoms. The van der Waals surface area contributed by atoms with Gasteiger partial charge in [-0.1, -0.05) is 124 Å². The van der Waals surface area contributed by atoms with E-state index in [9.17, 15) is 9.59 Å². The second kappa shape index (κ2) is 37.6. The van der Waals surface area contributed by atoms with Crippen LogP contribution in [0.5, 0.6) is 0 Å². The molecule has 280 valence electrons. The molecular weight excluding hydrogens is 586 g/mol. The normalized spacial score (nSPS) is 12.1. The van der Waals surface area contributed by atoms with Gasteiger partial charge < -0.3 is 25.4 Å². The number of hydrogen-bond acceptors (Lipinski definition) is 7. The van der Waals surface area contributed by atoms with E-state index in [-0.39, 0.29) is 18.0 Å². The second-order valence-corrected chi connectivity index (χ2v) is 13.9. The Hall–Kier alpha value is -1.18. The van der Waals surface area contributed by atoms with Crippen molar-refractivity contribution >= 4 is 11.9 Å². The molecule has 0 radical (unpaired) electrons. The van der Waals surface area contributed by atoms with E-state index in [2.05, 4.69) is 31.0 Å². The van der Waals surface area contributed by atoms with E-state index in [0.29, 0.717) is 26.0 Å². The number of esters is 2. The first-order valence-corrected chi connectivity index (χ1v) is 20.5. The van der Waals surface area contributed by atoms with Crippen LogP contribution in [0, 0.1) is 0 Å². The number of hydrogen-bond donors (Lipinski definition) is 2. The number of carbonyl (C=O) groups is 2. The summed E-state index contributed by atoms with van der Waals surface area (Å²) in [6.07, 6.45) is 30.5. The van der Waals surface area contributed by atoms with Gasteiger partial charge in [-0.3, -0.25) is 9.59 Å². The molecule has 0 saturated heterocycles. The maximum Gasteiger partial charge on any atom is 0.306 e. The zero-order chi connectivity index (χ0) is 34.5. The molecular formula is C40H81N3O4. The molecule has 0 aliphatic carbocycles. The molecule has 47 heavy (non-hydrogen) atoms. The highest BCUT2D eigenvalue weighted by Gasteiger charge is 2.14. The van der Waals surface area contributed by atoms with Crippen molar-refractivity contribution in [2.24, 2.45) is 5.73 Å². The molecule has 0 spiro atoms. The summed E-state index contributed by atoms with van der Waals surface area (Å²) in [4.78, 5) is 27.1. The van der Waals surface area contributed by atoms with E-state index < -0.39 is 0 Å². The van der Waals surface area contributed by atoms with Gasteiger partial charge in [0.25, 0.3) is 0 Å². The lowest BCUT2D eigenvalue weighted by Gasteiger charge is -2.22. The number of nitrogens with two attached hydrogens (primary N) is 1. The van der Waals surface area contributed by atoms with Gasteiger partial charge in [-0.2, -0.15) is 0 Å². The third-order valence-electron chi connectivity index (χ3n) is 9.20. The minimum Gasteiger partial charge on any atom is -0.466 e. The monoisotopic (exact) mass is 668 g/mol. The number of unbranched alkanes of at least 4 members (excludes halogenated alkanes) is 18. The minimum absolute atomic E-state index is 0.0153. The molecule has 1 unspecified atom stereocenters. The van der Waals surface area contributed by atoms with E-state index in [1.165, 1.54) is 116 Å². The predicted octanol–water partition coefficient (Wildman–Crippen LogP) is 9.88. The van der Waals surface area contributed by atoms with Gasteiger partial charge in [0, 0.05) is 39.0 Å². The number of ether oxygens (including phenoxy) is 2. The Labute approximate surface area is 292 Å². The van der Waals surface area contributed by atoms with Gasteiger partial charge in [-0.25, -0.2) is 0 Å². The zero-order valence-corrected chi connectivity index (χ0v) is 31.8. The fourth-order valence-electron chi connectivity index (χ4n) is 6.14. The molecule has 7 heteroatoms. The van der Waals surface area contributed by atoms with Crippen molar-refractivity contribution in [3.8, 4) is 0 Å². The molecule has 0 aromatic rings. The largest absolute Gasteiger partial charge is 0.466 e. The third kappa shape index (κ3) is 34.5. The van der Waals surface area contributed by atoms with Gasteiger partial charge in [-0.05, 0) is 70.9 Å². The van der Waals surface area contributed by atoms with Crippen molar-refractivity contribution in [2.45, 2.75) is 200 Å². The Kier molecular flexibility index (Phi) is 36.7. The van der Waals surface area contributed by atoms with E-state index >= 15 is 0 Å². The Morgan fingerprint density at radius 2 is 1.02 bits per heavy atom. The van der Waals surface area contributed by atoms with Crippen LogP contribution in [0.1, 0.15) is 194 Å². The van der Waals surface area contributed by atoms with Gasteiger partial charge in [-0.15, -0.1) is 0 Å². The first-order chi connectivity index (χ1) is 23.1. The van der Waals surface area contributed by atoms with Gasteiger partial charge in [0.15, 0.2) is 0 Å². The van der Waals surface area contributed by atoms with Gasteiger partial charge in [0.05, 0.1) is 6.61 Å². The van der Waals surface area contributed by atoms with Crippen molar-refractivity contribution in [3.63, 3.8) is 0 Å². The van der Waals surface area contributed by atoms with Crippen LogP contribution < -0.4 is 11.1 Å². The van der Waals surface area contributed by atoms with Crippen LogP contribution in [0.25, 0.3) is 0 Å². The van der Waals surface area contributed by atoms with Crippen LogP contribution in [0.4, 0.5) is 0 Å². The fourth-order valence-corrected chi connectivity index (χ4v) is 6.14. The molecule has 0 aliphatic heterocycles. The fraction of sp³-hybridized carbons (Fsp3) is 0.950. The Morgan fingerprint density at radius 3 is 1.62 bits per heavy atom. The van der Waals surface area contributed by atoms with Crippen molar-refractivity contribution in [1.29, 1.82) is 0 Å². The van der Waals surface area contributed by atoms with Gasteiger partial charge in [0.2, 0.25) is 0 Å². The first-order valence-electron chi connectivity index (χ1n) is 20.5. The standard InChI is InChI=1S/C40H81N3O4/c1-4-7-10-12-19-26-37-46-39(44)29-22-15-13-17-24-34-43(36-33-42-32-31-41)35-25-18-14-16-23-30-40(45)47-38(27-20-9-6-3)28-21-11-8-5-2/h38,42H,4-37,41H2,1-3H3. The molecule has 1 atom stereocenters. The van der Waals surface area contributed by atoms with Crippen LogP contribution in [0.15, 0.2) is 0 Å².